The molecule has 0 bridgehead atoms. The Morgan fingerprint density at radius 2 is 1.34 bits per heavy atom. The molecule has 0 radical (unpaired) electrons. The van der Waals surface area contributed by atoms with Gasteiger partial charge in [0.15, 0.2) is 0 Å². The Bertz CT molecular complexity index is 1160. The molecule has 0 spiro atoms. The van der Waals surface area contributed by atoms with E-state index in [2.05, 4.69) is 0 Å². The smallest absolute Gasteiger partial charge is 0.259 e. The molecule has 3 aliphatic heterocycles. The SMILES string of the molecule is CC1(C)CC(=O)N2[C@H]3C(=O)N(c4c(Cl)cccc4Cl)C(=O)[C@H]3[C@H](c3c(Cl)cccc3Cl)N21. The molecular weight excluding hydrogens is 496 g/mol. The minimum absolute atomic E-state index is 0.113. The molecule has 3 saturated heterocycles. The minimum Gasteiger partial charge on any atom is -0.274 e. The number of carbonyl (C=O) groups excluding carboxylic acids is 3. The van der Waals surface area contributed by atoms with Crippen molar-refractivity contribution in [3.8, 4) is 0 Å². The number of amides is 3. The summed E-state index contributed by atoms with van der Waals surface area (Å²) in [5, 5.41) is 4.23. The summed E-state index contributed by atoms with van der Waals surface area (Å²) in [6.45, 7) is 3.78. The highest BCUT2D eigenvalue weighted by molar-refractivity contribution is 6.42. The zero-order valence-corrected chi connectivity index (χ0v) is 20.0. The van der Waals surface area contributed by atoms with Gasteiger partial charge in [-0.3, -0.25) is 19.4 Å². The van der Waals surface area contributed by atoms with Gasteiger partial charge in [0.2, 0.25) is 11.8 Å². The van der Waals surface area contributed by atoms with Gasteiger partial charge in [0, 0.05) is 27.6 Å². The largest absolute Gasteiger partial charge is 0.274 e. The molecule has 2 aromatic carbocycles. The third-order valence-electron chi connectivity index (χ3n) is 6.33. The lowest BCUT2D eigenvalue weighted by atomic mass is 9.87. The lowest BCUT2D eigenvalue weighted by Gasteiger charge is -2.38. The third-order valence-corrected chi connectivity index (χ3v) is 7.60. The fourth-order valence-electron chi connectivity index (χ4n) is 5.16. The molecule has 3 aliphatic rings. The Morgan fingerprint density at radius 1 is 0.812 bits per heavy atom. The van der Waals surface area contributed by atoms with Gasteiger partial charge in [-0.2, -0.15) is 0 Å². The van der Waals surface area contributed by atoms with Crippen LogP contribution in [-0.2, 0) is 14.4 Å². The Morgan fingerprint density at radius 3 is 1.91 bits per heavy atom. The summed E-state index contributed by atoms with van der Waals surface area (Å²) < 4.78 is 0. The van der Waals surface area contributed by atoms with E-state index in [0.717, 1.165) is 4.90 Å². The van der Waals surface area contributed by atoms with Crippen molar-refractivity contribution < 1.29 is 14.4 Å². The van der Waals surface area contributed by atoms with Crippen molar-refractivity contribution in [2.75, 3.05) is 4.90 Å². The first-order chi connectivity index (χ1) is 15.1. The van der Waals surface area contributed by atoms with E-state index in [1.807, 2.05) is 13.8 Å². The number of hydrogen-bond acceptors (Lipinski definition) is 4. The summed E-state index contributed by atoms with van der Waals surface area (Å²) in [6, 6.07) is 8.03. The lowest BCUT2D eigenvalue weighted by molar-refractivity contribution is -0.146. The molecule has 3 heterocycles. The second kappa shape index (κ2) is 7.34. The molecule has 0 unspecified atom stereocenters. The van der Waals surface area contributed by atoms with Crippen molar-refractivity contribution in [3.05, 3.63) is 62.1 Å². The average molecular weight is 513 g/mol. The minimum atomic E-state index is -1.04. The molecule has 3 amide bonds. The van der Waals surface area contributed by atoms with Crippen LogP contribution in [0.3, 0.4) is 0 Å². The summed E-state index contributed by atoms with van der Waals surface area (Å²) in [5.74, 6) is -2.23. The van der Waals surface area contributed by atoms with Crippen molar-refractivity contribution in [3.63, 3.8) is 0 Å². The predicted octanol–water partition coefficient (Wildman–Crippen LogP) is 5.14. The summed E-state index contributed by atoms with van der Waals surface area (Å²) in [4.78, 5) is 41.5. The highest BCUT2D eigenvalue weighted by Gasteiger charge is 2.69. The second-order valence-electron chi connectivity index (χ2n) is 8.71. The van der Waals surface area contributed by atoms with Crippen molar-refractivity contribution in [2.24, 2.45) is 5.92 Å². The van der Waals surface area contributed by atoms with Crippen molar-refractivity contribution in [2.45, 2.75) is 37.9 Å². The van der Waals surface area contributed by atoms with E-state index >= 15 is 0 Å². The second-order valence-corrected chi connectivity index (χ2v) is 10.3. The van der Waals surface area contributed by atoms with Gasteiger partial charge in [-0.05, 0) is 38.1 Å². The molecule has 0 N–H and O–H groups in total. The van der Waals surface area contributed by atoms with Crippen molar-refractivity contribution in [1.82, 2.24) is 10.0 Å². The number of imide groups is 1. The van der Waals surface area contributed by atoms with Crippen LogP contribution in [0.25, 0.3) is 0 Å². The molecule has 3 atom stereocenters. The van der Waals surface area contributed by atoms with Crippen LogP contribution in [0.5, 0.6) is 0 Å². The van der Waals surface area contributed by atoms with Crippen LogP contribution in [0.15, 0.2) is 36.4 Å². The van der Waals surface area contributed by atoms with Crippen molar-refractivity contribution >= 4 is 69.8 Å². The van der Waals surface area contributed by atoms with E-state index in [-0.39, 0.29) is 28.1 Å². The van der Waals surface area contributed by atoms with Gasteiger partial charge in [0.25, 0.3) is 5.91 Å². The standard InChI is InChI=1S/C22H17Cl4N3O3/c1-22(2)9-14(30)28-19-16(18(29(22)28)15-10(23)5-3-6-11(15)24)20(31)27(21(19)32)17-12(25)7-4-8-13(17)26/h3-8,16,18-19H,9H2,1-2H3/t16-,18-,19+/m0/s1. The topological polar surface area (TPSA) is 60.9 Å². The molecular formula is C22H17Cl4N3O3. The van der Waals surface area contributed by atoms with E-state index in [1.54, 1.807) is 41.4 Å². The molecule has 166 valence electrons. The van der Waals surface area contributed by atoms with Gasteiger partial charge in [-0.1, -0.05) is 58.5 Å². The third kappa shape index (κ3) is 2.87. The van der Waals surface area contributed by atoms with Crippen LogP contribution >= 0.6 is 46.4 Å². The Hall–Kier alpha value is -1.83. The molecule has 10 heteroatoms. The fourth-order valence-corrected chi connectivity index (χ4v) is 6.34. The monoisotopic (exact) mass is 511 g/mol. The molecule has 6 nitrogen and oxygen atoms in total. The number of halogens is 4. The highest BCUT2D eigenvalue weighted by atomic mass is 35.5. The number of hydrogen-bond donors (Lipinski definition) is 0. The van der Waals surface area contributed by atoms with E-state index in [1.165, 1.54) is 5.01 Å². The number of carbonyl (C=O) groups is 3. The van der Waals surface area contributed by atoms with E-state index in [0.29, 0.717) is 15.6 Å². The van der Waals surface area contributed by atoms with Crippen LogP contribution in [0, 0.1) is 5.92 Å². The van der Waals surface area contributed by atoms with Gasteiger partial charge in [-0.15, -0.1) is 0 Å². The summed E-state index contributed by atoms with van der Waals surface area (Å²) in [5.41, 5.74) is -0.0341. The molecule has 3 fully saturated rings. The number of nitrogens with zero attached hydrogens (tertiary/aromatic N) is 3. The average Bonchev–Trinajstić information content (AvgIpc) is 3.25. The highest BCUT2D eigenvalue weighted by Crippen LogP contribution is 2.56. The van der Waals surface area contributed by atoms with Gasteiger partial charge < -0.3 is 0 Å². The van der Waals surface area contributed by atoms with E-state index < -0.39 is 35.4 Å². The Labute approximate surface area is 204 Å². The van der Waals surface area contributed by atoms with E-state index in [9.17, 15) is 14.4 Å². The number of para-hydroxylation sites is 1. The van der Waals surface area contributed by atoms with Crippen LogP contribution < -0.4 is 4.90 Å². The summed E-state index contributed by atoms with van der Waals surface area (Å²) >= 11 is 25.7. The quantitative estimate of drug-likeness (QED) is 0.522. The molecule has 0 aliphatic carbocycles. The van der Waals surface area contributed by atoms with Gasteiger partial charge in [0.05, 0.1) is 27.7 Å². The molecule has 5 rings (SSSR count). The normalized spacial score (nSPS) is 26.8. The van der Waals surface area contributed by atoms with Gasteiger partial charge >= 0.3 is 0 Å². The van der Waals surface area contributed by atoms with Crippen LogP contribution in [-0.4, -0.2) is 39.3 Å². The number of anilines is 1. The molecule has 2 aromatic rings. The van der Waals surface area contributed by atoms with Crippen LogP contribution in [0.1, 0.15) is 31.9 Å². The Kier molecular flexibility index (Phi) is 5.04. The van der Waals surface area contributed by atoms with Crippen molar-refractivity contribution in [1.29, 1.82) is 0 Å². The summed E-state index contributed by atoms with van der Waals surface area (Å²) in [6.07, 6.45) is 0.184. The molecule has 32 heavy (non-hydrogen) atoms. The lowest BCUT2D eigenvalue weighted by Crippen LogP contribution is -2.50. The van der Waals surface area contributed by atoms with Crippen LogP contribution in [0.4, 0.5) is 5.69 Å². The first-order valence-corrected chi connectivity index (χ1v) is 11.4. The maximum absolute atomic E-state index is 13.8. The number of fused-ring (bicyclic) bond motifs is 3. The number of hydrazine groups is 1. The summed E-state index contributed by atoms with van der Waals surface area (Å²) in [7, 11) is 0. The first kappa shape index (κ1) is 22.0. The van der Waals surface area contributed by atoms with Gasteiger partial charge in [0.1, 0.15) is 6.04 Å². The number of benzene rings is 2. The van der Waals surface area contributed by atoms with Gasteiger partial charge in [-0.25, -0.2) is 9.91 Å². The number of rotatable bonds is 2. The van der Waals surface area contributed by atoms with E-state index in [4.69, 9.17) is 46.4 Å². The fraction of sp³-hybridized carbons (Fsp3) is 0.318. The van der Waals surface area contributed by atoms with Crippen LogP contribution in [0.2, 0.25) is 20.1 Å². The maximum Gasteiger partial charge on any atom is 0.259 e. The maximum atomic E-state index is 13.8. The molecule has 0 aromatic heterocycles. The zero-order chi connectivity index (χ0) is 23.1. The first-order valence-electron chi connectivity index (χ1n) is 9.93. The molecule has 0 saturated carbocycles. The predicted molar refractivity (Wildman–Crippen MR) is 123 cm³/mol. The Balaban J connectivity index is 1.73. The zero-order valence-electron chi connectivity index (χ0n) is 17.0.